The minimum Gasteiger partial charge on any atom is -0.328 e. The summed E-state index contributed by atoms with van der Waals surface area (Å²) >= 11 is 13.2. The van der Waals surface area contributed by atoms with Crippen molar-refractivity contribution in [2.24, 2.45) is 0 Å². The summed E-state index contributed by atoms with van der Waals surface area (Å²) < 4.78 is 14.0. The van der Waals surface area contributed by atoms with Crippen molar-refractivity contribution in [3.63, 3.8) is 0 Å². The average Bonchev–Trinajstić information content (AvgIpc) is 3.20. The Morgan fingerprint density at radius 2 is 1.97 bits per heavy atom. The zero-order valence-corrected chi connectivity index (χ0v) is 18.3. The van der Waals surface area contributed by atoms with Gasteiger partial charge in [0.25, 0.3) is 5.91 Å². The summed E-state index contributed by atoms with van der Waals surface area (Å²) in [4.78, 5) is 31.1. The third-order valence-corrected chi connectivity index (χ3v) is 5.59. The van der Waals surface area contributed by atoms with Crippen LogP contribution in [0.15, 0.2) is 47.8 Å². The molecule has 1 N–H and O–H groups in total. The molecule has 5 nitrogen and oxygen atoms in total. The molecular formula is C21H18Cl2FN3O2S. The lowest BCUT2D eigenvalue weighted by Gasteiger charge is -2.21. The van der Waals surface area contributed by atoms with Crippen molar-refractivity contribution in [3.8, 4) is 10.6 Å². The van der Waals surface area contributed by atoms with Crippen LogP contribution >= 0.6 is 34.5 Å². The molecule has 2 amide bonds. The zero-order valence-electron chi connectivity index (χ0n) is 16.0. The Morgan fingerprint density at radius 1 is 1.20 bits per heavy atom. The van der Waals surface area contributed by atoms with Crippen LogP contribution in [-0.2, 0) is 4.79 Å². The first-order valence-electron chi connectivity index (χ1n) is 9.13. The number of anilines is 1. The van der Waals surface area contributed by atoms with E-state index in [1.165, 1.54) is 28.4 Å². The number of nitrogens with one attached hydrogen (secondary N) is 1. The van der Waals surface area contributed by atoms with E-state index in [4.69, 9.17) is 23.2 Å². The Labute approximate surface area is 187 Å². The molecule has 9 heteroatoms. The van der Waals surface area contributed by atoms with E-state index < -0.39 is 17.6 Å². The highest BCUT2D eigenvalue weighted by atomic mass is 35.5. The van der Waals surface area contributed by atoms with Crippen LogP contribution in [0.2, 0.25) is 10.0 Å². The largest absolute Gasteiger partial charge is 0.328 e. The van der Waals surface area contributed by atoms with Crippen LogP contribution in [0.4, 0.5) is 10.1 Å². The van der Waals surface area contributed by atoms with E-state index >= 15 is 0 Å². The highest BCUT2D eigenvalue weighted by molar-refractivity contribution is 7.13. The van der Waals surface area contributed by atoms with Gasteiger partial charge in [-0.05, 0) is 36.8 Å². The fourth-order valence-corrected chi connectivity index (χ4v) is 3.93. The highest BCUT2D eigenvalue weighted by Crippen LogP contribution is 2.27. The van der Waals surface area contributed by atoms with Crippen LogP contribution in [0.3, 0.4) is 0 Å². The van der Waals surface area contributed by atoms with Crippen LogP contribution in [0.25, 0.3) is 10.6 Å². The van der Waals surface area contributed by atoms with Crippen LogP contribution in [0.1, 0.15) is 23.8 Å². The van der Waals surface area contributed by atoms with Crippen molar-refractivity contribution >= 4 is 52.0 Å². The summed E-state index contributed by atoms with van der Waals surface area (Å²) in [6.07, 6.45) is 0.654. The number of aromatic nitrogens is 1. The maximum Gasteiger partial charge on any atom is 0.273 e. The summed E-state index contributed by atoms with van der Waals surface area (Å²) in [5, 5.41) is 5.41. The van der Waals surface area contributed by atoms with E-state index in [0.29, 0.717) is 39.3 Å². The van der Waals surface area contributed by atoms with Gasteiger partial charge in [-0.3, -0.25) is 9.59 Å². The lowest BCUT2D eigenvalue weighted by Crippen LogP contribution is -2.38. The van der Waals surface area contributed by atoms with Crippen molar-refractivity contribution in [2.45, 2.75) is 13.3 Å². The molecule has 30 heavy (non-hydrogen) atoms. The Bertz CT molecular complexity index is 1070. The number of halogens is 3. The molecule has 0 atom stereocenters. The number of nitrogens with zero attached hydrogens (tertiary/aromatic N) is 2. The van der Waals surface area contributed by atoms with E-state index in [-0.39, 0.29) is 12.2 Å². The fourth-order valence-electron chi connectivity index (χ4n) is 2.77. The first-order valence-corrected chi connectivity index (χ1v) is 10.8. The minimum absolute atomic E-state index is 0.167. The summed E-state index contributed by atoms with van der Waals surface area (Å²) in [5.74, 6) is -1.22. The molecule has 0 unspecified atom stereocenters. The van der Waals surface area contributed by atoms with Gasteiger partial charge in [0.1, 0.15) is 23.1 Å². The van der Waals surface area contributed by atoms with Gasteiger partial charge in [-0.2, -0.15) is 0 Å². The van der Waals surface area contributed by atoms with Crippen LogP contribution in [-0.4, -0.2) is 34.8 Å². The maximum absolute atomic E-state index is 14.0. The molecule has 156 valence electrons. The van der Waals surface area contributed by atoms with E-state index in [2.05, 4.69) is 10.3 Å². The molecule has 0 radical (unpaired) electrons. The molecule has 0 spiro atoms. The second-order valence-electron chi connectivity index (χ2n) is 6.42. The predicted molar refractivity (Wildman–Crippen MR) is 119 cm³/mol. The normalized spacial score (nSPS) is 10.7. The quantitative estimate of drug-likeness (QED) is 0.483. The number of carbonyl (C=O) groups is 2. The molecule has 3 rings (SSSR count). The molecule has 0 aliphatic heterocycles. The molecule has 1 aromatic heterocycles. The first kappa shape index (κ1) is 22.2. The lowest BCUT2D eigenvalue weighted by molar-refractivity contribution is -0.116. The van der Waals surface area contributed by atoms with Crippen molar-refractivity contribution < 1.29 is 14.0 Å². The third-order valence-electron chi connectivity index (χ3n) is 4.15. The SMILES string of the molecule is CCCN(CC(=O)Nc1cc(Cl)ccc1Cl)C(=O)c1csc(-c2ccccc2F)n1. The molecule has 0 aliphatic rings. The second-order valence-corrected chi connectivity index (χ2v) is 8.12. The standard InChI is InChI=1S/C21H18Cl2FN3O2S/c1-2-9-27(11-19(28)25-17-10-13(22)7-8-15(17)23)21(29)18-12-30-20(26-18)14-5-3-4-6-16(14)24/h3-8,10,12H,2,9,11H2,1H3,(H,25,28). The number of carbonyl (C=O) groups excluding carboxylic acids is 2. The average molecular weight is 466 g/mol. The van der Waals surface area contributed by atoms with Crippen molar-refractivity contribution in [3.05, 3.63) is 69.4 Å². The van der Waals surface area contributed by atoms with Gasteiger partial charge in [-0.1, -0.05) is 42.3 Å². The Hall–Kier alpha value is -2.48. The third kappa shape index (κ3) is 5.36. The second kappa shape index (κ2) is 10.0. The van der Waals surface area contributed by atoms with Crippen LogP contribution in [0.5, 0.6) is 0 Å². The van der Waals surface area contributed by atoms with E-state index in [1.54, 1.807) is 35.7 Å². The first-order chi connectivity index (χ1) is 14.4. The van der Waals surface area contributed by atoms with Gasteiger partial charge in [-0.15, -0.1) is 11.3 Å². The van der Waals surface area contributed by atoms with E-state index in [0.717, 1.165) is 0 Å². The summed E-state index contributed by atoms with van der Waals surface area (Å²) in [6, 6.07) is 11.0. The van der Waals surface area contributed by atoms with E-state index in [9.17, 15) is 14.0 Å². The van der Waals surface area contributed by atoms with Gasteiger partial charge in [-0.25, -0.2) is 9.37 Å². The number of hydrogen-bond acceptors (Lipinski definition) is 4. The molecule has 3 aromatic rings. The minimum atomic E-state index is -0.412. The summed E-state index contributed by atoms with van der Waals surface area (Å²) in [6.45, 7) is 2.09. The molecule has 0 fully saturated rings. The molecule has 0 saturated carbocycles. The van der Waals surface area contributed by atoms with Crippen molar-refractivity contribution in [2.75, 3.05) is 18.4 Å². The topological polar surface area (TPSA) is 62.3 Å². The number of rotatable bonds is 7. The molecule has 2 aromatic carbocycles. The summed E-state index contributed by atoms with van der Waals surface area (Å²) in [7, 11) is 0. The Kier molecular flexibility index (Phi) is 7.42. The number of benzene rings is 2. The van der Waals surface area contributed by atoms with Gasteiger partial charge < -0.3 is 10.2 Å². The van der Waals surface area contributed by atoms with Crippen LogP contribution < -0.4 is 5.32 Å². The Morgan fingerprint density at radius 3 is 2.70 bits per heavy atom. The summed E-state index contributed by atoms with van der Waals surface area (Å²) in [5.41, 5.74) is 0.866. The van der Waals surface area contributed by atoms with Gasteiger partial charge in [0.2, 0.25) is 5.91 Å². The van der Waals surface area contributed by atoms with Gasteiger partial charge in [0, 0.05) is 22.5 Å². The number of thiazole rings is 1. The molecular weight excluding hydrogens is 448 g/mol. The van der Waals surface area contributed by atoms with Crippen LogP contribution in [0, 0.1) is 5.82 Å². The lowest BCUT2D eigenvalue weighted by atomic mass is 10.2. The predicted octanol–water partition coefficient (Wildman–Crippen LogP) is 5.75. The van der Waals surface area contributed by atoms with Gasteiger partial charge in [0.05, 0.1) is 10.7 Å². The van der Waals surface area contributed by atoms with E-state index in [1.807, 2.05) is 6.92 Å². The van der Waals surface area contributed by atoms with Gasteiger partial charge >= 0.3 is 0 Å². The highest BCUT2D eigenvalue weighted by Gasteiger charge is 2.22. The van der Waals surface area contributed by atoms with Crippen molar-refractivity contribution in [1.29, 1.82) is 0 Å². The number of amides is 2. The fraction of sp³-hybridized carbons (Fsp3) is 0.190. The molecule has 0 bridgehead atoms. The molecule has 0 aliphatic carbocycles. The Balaban J connectivity index is 1.74. The maximum atomic E-state index is 14.0. The molecule has 1 heterocycles. The van der Waals surface area contributed by atoms with Gasteiger partial charge in [0.15, 0.2) is 0 Å². The monoisotopic (exact) mass is 465 g/mol. The van der Waals surface area contributed by atoms with Crippen molar-refractivity contribution in [1.82, 2.24) is 9.88 Å². The number of hydrogen-bond donors (Lipinski definition) is 1. The molecule has 0 saturated heterocycles. The smallest absolute Gasteiger partial charge is 0.273 e. The zero-order chi connectivity index (χ0) is 21.7.